The Labute approximate surface area is 144 Å². The van der Waals surface area contributed by atoms with Crippen LogP contribution in [0.4, 0.5) is 4.79 Å². The van der Waals surface area contributed by atoms with Crippen molar-refractivity contribution in [3.63, 3.8) is 0 Å². The van der Waals surface area contributed by atoms with Crippen molar-refractivity contribution < 1.29 is 19.1 Å². The number of urea groups is 1. The second kappa shape index (κ2) is 5.29. The third kappa shape index (κ3) is 2.18. The third-order valence-corrected chi connectivity index (χ3v) is 6.06. The first-order chi connectivity index (χ1) is 12.1. The van der Waals surface area contributed by atoms with Gasteiger partial charge in [0.05, 0.1) is 24.0 Å². The van der Waals surface area contributed by atoms with Gasteiger partial charge < -0.3 is 15.4 Å². The van der Waals surface area contributed by atoms with Crippen molar-refractivity contribution >= 4 is 17.8 Å². The molecule has 0 spiro atoms. The summed E-state index contributed by atoms with van der Waals surface area (Å²) in [6.07, 6.45) is 1.30. The molecule has 2 heterocycles. The Bertz CT molecular complexity index is 720. The molecule has 2 aliphatic heterocycles. The molecule has 2 saturated carbocycles. The highest BCUT2D eigenvalue weighted by molar-refractivity contribution is 6.06. The summed E-state index contributed by atoms with van der Waals surface area (Å²) < 4.78 is 5.58. The average molecular weight is 341 g/mol. The lowest BCUT2D eigenvalue weighted by molar-refractivity contribution is -0.141. The number of carbonyl (C=O) groups is 3. The minimum absolute atomic E-state index is 0.0685. The molecule has 4 aliphatic rings. The molecule has 1 aromatic carbocycles. The Morgan fingerprint density at radius 2 is 1.68 bits per heavy atom. The fraction of sp³-hybridized carbons (Fsp3) is 0.500. The SMILES string of the molecule is O=C(NCc1ccccc1)NCN1C(=O)[C@@H]2[C@@H]3C[C@@H]([C@@H]4O[C@H]34)[C@@H]2C1=O. The zero-order valence-corrected chi connectivity index (χ0v) is 13.6. The van der Waals surface area contributed by atoms with E-state index in [0.29, 0.717) is 6.54 Å². The number of nitrogens with zero attached hydrogens (tertiary/aromatic N) is 1. The molecule has 0 radical (unpaired) electrons. The Morgan fingerprint density at radius 3 is 2.32 bits per heavy atom. The Hall–Kier alpha value is -2.41. The quantitative estimate of drug-likeness (QED) is 0.615. The van der Waals surface area contributed by atoms with E-state index in [0.717, 1.165) is 12.0 Å². The standard InChI is InChI=1S/C18H19N3O4/c22-16-12-10-6-11(15-14(10)25-15)13(12)17(23)21(16)8-20-18(24)19-7-9-4-2-1-3-5-9/h1-5,10-15H,6-8H2,(H2,19,20,24)/t10-,11+,12+,13-,14+,15-. The van der Waals surface area contributed by atoms with Crippen LogP contribution in [0.25, 0.3) is 0 Å². The van der Waals surface area contributed by atoms with E-state index >= 15 is 0 Å². The number of imide groups is 1. The Morgan fingerprint density at radius 1 is 1.04 bits per heavy atom. The molecule has 25 heavy (non-hydrogen) atoms. The monoisotopic (exact) mass is 341 g/mol. The molecule has 5 rings (SSSR count). The predicted octanol–water partition coefficient (Wildman–Crippen LogP) is 0.462. The molecule has 2 aliphatic carbocycles. The van der Waals surface area contributed by atoms with E-state index < -0.39 is 6.03 Å². The molecule has 0 aromatic heterocycles. The van der Waals surface area contributed by atoms with E-state index in [4.69, 9.17) is 4.74 Å². The highest BCUT2D eigenvalue weighted by atomic mass is 16.6. The normalized spacial score (nSPS) is 37.0. The van der Waals surface area contributed by atoms with Crippen LogP contribution in [0.5, 0.6) is 0 Å². The van der Waals surface area contributed by atoms with Gasteiger partial charge in [0.25, 0.3) is 0 Å². The number of rotatable bonds is 4. The van der Waals surface area contributed by atoms with Crippen LogP contribution in [-0.2, 0) is 20.9 Å². The van der Waals surface area contributed by atoms with Gasteiger partial charge in [-0.2, -0.15) is 0 Å². The maximum atomic E-state index is 12.6. The van der Waals surface area contributed by atoms with Gasteiger partial charge in [0, 0.05) is 18.4 Å². The lowest BCUT2D eigenvalue weighted by Gasteiger charge is -2.18. The van der Waals surface area contributed by atoms with E-state index in [1.807, 2.05) is 30.3 Å². The summed E-state index contributed by atoms with van der Waals surface area (Å²) in [7, 11) is 0. The zero-order chi connectivity index (χ0) is 17.1. The summed E-state index contributed by atoms with van der Waals surface area (Å²) in [6.45, 7) is 0.325. The summed E-state index contributed by atoms with van der Waals surface area (Å²) in [5.41, 5.74) is 0.983. The van der Waals surface area contributed by atoms with Gasteiger partial charge in [0.1, 0.15) is 6.67 Å². The number of benzene rings is 1. The molecule has 6 atom stereocenters. The molecule has 2 saturated heterocycles. The third-order valence-electron chi connectivity index (χ3n) is 6.06. The first-order valence-electron chi connectivity index (χ1n) is 8.71. The summed E-state index contributed by atoms with van der Waals surface area (Å²) in [4.78, 5) is 38.4. The minimum Gasteiger partial charge on any atom is -0.369 e. The van der Waals surface area contributed by atoms with Crippen molar-refractivity contribution in [2.24, 2.45) is 23.7 Å². The number of fused-ring (bicyclic) bond motifs is 8. The van der Waals surface area contributed by atoms with E-state index in [2.05, 4.69) is 10.6 Å². The number of epoxide rings is 1. The van der Waals surface area contributed by atoms with E-state index in [1.54, 1.807) is 0 Å². The number of likely N-dealkylation sites (tertiary alicyclic amines) is 1. The van der Waals surface area contributed by atoms with Crippen LogP contribution in [-0.4, -0.2) is 41.6 Å². The summed E-state index contributed by atoms with van der Waals surface area (Å²) in [5, 5.41) is 5.35. The fourth-order valence-electron chi connectivity index (χ4n) is 4.93. The molecule has 0 unspecified atom stereocenters. The molecule has 4 amide bonds. The molecule has 130 valence electrons. The van der Waals surface area contributed by atoms with Crippen molar-refractivity contribution in [2.75, 3.05) is 6.67 Å². The van der Waals surface area contributed by atoms with Gasteiger partial charge in [-0.05, 0) is 12.0 Å². The smallest absolute Gasteiger partial charge is 0.316 e. The highest BCUT2D eigenvalue weighted by Gasteiger charge is 2.73. The van der Waals surface area contributed by atoms with Crippen LogP contribution >= 0.6 is 0 Å². The predicted molar refractivity (Wildman–Crippen MR) is 85.8 cm³/mol. The maximum absolute atomic E-state index is 12.6. The lowest BCUT2D eigenvalue weighted by Crippen LogP contribution is -2.45. The molecule has 2 bridgehead atoms. The first kappa shape index (κ1) is 14.9. The number of nitrogens with one attached hydrogen (secondary N) is 2. The number of amides is 4. The zero-order valence-electron chi connectivity index (χ0n) is 13.6. The molecule has 7 heteroatoms. The summed E-state index contributed by atoms with van der Waals surface area (Å²) >= 11 is 0. The number of hydrogen-bond donors (Lipinski definition) is 2. The summed E-state index contributed by atoms with van der Waals surface area (Å²) in [5.74, 6) is -0.410. The van der Waals surface area contributed by atoms with Gasteiger partial charge in [-0.15, -0.1) is 0 Å². The van der Waals surface area contributed by atoms with Crippen LogP contribution in [0.1, 0.15) is 12.0 Å². The number of carbonyl (C=O) groups excluding carboxylic acids is 3. The Balaban J connectivity index is 1.17. The van der Waals surface area contributed by atoms with Crippen LogP contribution in [0.3, 0.4) is 0 Å². The van der Waals surface area contributed by atoms with Crippen molar-refractivity contribution in [3.05, 3.63) is 35.9 Å². The van der Waals surface area contributed by atoms with Gasteiger partial charge in [-0.3, -0.25) is 14.5 Å². The van der Waals surface area contributed by atoms with E-state index in [-0.39, 0.29) is 54.4 Å². The molecule has 2 N–H and O–H groups in total. The molecular formula is C18H19N3O4. The van der Waals surface area contributed by atoms with Crippen LogP contribution in [0.15, 0.2) is 30.3 Å². The largest absolute Gasteiger partial charge is 0.369 e. The van der Waals surface area contributed by atoms with Gasteiger partial charge in [0.15, 0.2) is 0 Å². The number of ether oxygens (including phenoxy) is 1. The fourth-order valence-corrected chi connectivity index (χ4v) is 4.93. The maximum Gasteiger partial charge on any atom is 0.316 e. The van der Waals surface area contributed by atoms with Gasteiger partial charge in [-0.1, -0.05) is 30.3 Å². The van der Waals surface area contributed by atoms with Crippen molar-refractivity contribution in [1.29, 1.82) is 0 Å². The van der Waals surface area contributed by atoms with Crippen molar-refractivity contribution in [3.8, 4) is 0 Å². The molecule has 1 aromatic rings. The topological polar surface area (TPSA) is 91.0 Å². The van der Waals surface area contributed by atoms with Crippen LogP contribution in [0, 0.1) is 23.7 Å². The van der Waals surface area contributed by atoms with Gasteiger partial charge in [0.2, 0.25) is 11.8 Å². The average Bonchev–Trinajstić information content (AvgIpc) is 3.15. The summed E-state index contributed by atoms with van der Waals surface area (Å²) in [6, 6.07) is 9.15. The minimum atomic E-state index is -0.393. The van der Waals surface area contributed by atoms with E-state index in [9.17, 15) is 14.4 Å². The van der Waals surface area contributed by atoms with Crippen molar-refractivity contribution in [2.45, 2.75) is 25.2 Å². The first-order valence-corrected chi connectivity index (χ1v) is 8.71. The second-order valence-corrected chi connectivity index (χ2v) is 7.29. The molecule has 7 nitrogen and oxygen atoms in total. The van der Waals surface area contributed by atoms with E-state index in [1.165, 1.54) is 4.90 Å². The van der Waals surface area contributed by atoms with Crippen LogP contribution in [0.2, 0.25) is 0 Å². The molecule has 4 fully saturated rings. The van der Waals surface area contributed by atoms with Gasteiger partial charge in [-0.25, -0.2) is 4.79 Å². The van der Waals surface area contributed by atoms with Crippen molar-refractivity contribution in [1.82, 2.24) is 15.5 Å². The molecular weight excluding hydrogens is 322 g/mol. The highest BCUT2D eigenvalue weighted by Crippen LogP contribution is 2.63. The number of hydrogen-bond acceptors (Lipinski definition) is 4. The lowest BCUT2D eigenvalue weighted by atomic mass is 9.81. The van der Waals surface area contributed by atoms with Crippen LogP contribution < -0.4 is 10.6 Å². The Kier molecular flexibility index (Phi) is 3.15. The van der Waals surface area contributed by atoms with Gasteiger partial charge >= 0.3 is 6.03 Å². The second-order valence-electron chi connectivity index (χ2n) is 7.29.